The summed E-state index contributed by atoms with van der Waals surface area (Å²) in [6.07, 6.45) is 2.72. The maximum Gasteiger partial charge on any atom is 0.240 e. The van der Waals surface area contributed by atoms with Crippen molar-refractivity contribution in [2.24, 2.45) is 11.5 Å². The zero-order valence-corrected chi connectivity index (χ0v) is 24.0. The van der Waals surface area contributed by atoms with E-state index >= 15 is 0 Å². The summed E-state index contributed by atoms with van der Waals surface area (Å²) in [6, 6.07) is 9.54. The van der Waals surface area contributed by atoms with Crippen LogP contribution < -0.4 is 22.1 Å². The standard InChI is InChI=1S/C26H33Cl4N5O3/c27-19-6-4-17(21(29)13-19)8-11-33-15-25(37)35(12-9-18-5-7-20(28)14-22(18)30)16-24(36)34-23(26(32)38)3-1-2-10-31/h4-7,13-14,23,33H,1-3,8-12,15-16,31H2,(H2,32,38)(H,34,36). The molecule has 8 nitrogen and oxygen atoms in total. The normalized spacial score (nSPS) is 11.7. The number of halogens is 4. The minimum absolute atomic E-state index is 0.00257. The van der Waals surface area contributed by atoms with E-state index in [4.69, 9.17) is 57.9 Å². The molecule has 0 spiro atoms. The molecule has 3 amide bonds. The Hall–Kier alpha value is -2.07. The quantitative estimate of drug-likeness (QED) is 0.217. The second-order valence-corrected chi connectivity index (χ2v) is 10.5. The van der Waals surface area contributed by atoms with Gasteiger partial charge < -0.3 is 27.0 Å². The lowest BCUT2D eigenvalue weighted by Gasteiger charge is -2.24. The number of nitrogens with two attached hydrogens (primary N) is 2. The fourth-order valence-electron chi connectivity index (χ4n) is 3.72. The Bertz CT molecular complexity index is 1100. The zero-order chi connectivity index (χ0) is 28.1. The number of rotatable bonds is 16. The van der Waals surface area contributed by atoms with Crippen LogP contribution in [0.2, 0.25) is 20.1 Å². The predicted octanol–water partition coefficient (Wildman–Crippen LogP) is 3.60. The van der Waals surface area contributed by atoms with E-state index in [2.05, 4.69) is 10.6 Å². The van der Waals surface area contributed by atoms with Crippen LogP contribution in [0.3, 0.4) is 0 Å². The van der Waals surface area contributed by atoms with Crippen molar-refractivity contribution in [3.8, 4) is 0 Å². The Morgan fingerprint density at radius 3 is 2.05 bits per heavy atom. The second-order valence-electron chi connectivity index (χ2n) is 8.77. The van der Waals surface area contributed by atoms with Crippen molar-refractivity contribution in [1.29, 1.82) is 0 Å². The highest BCUT2D eigenvalue weighted by Crippen LogP contribution is 2.22. The first-order valence-corrected chi connectivity index (χ1v) is 13.8. The van der Waals surface area contributed by atoms with E-state index in [0.717, 1.165) is 11.1 Å². The van der Waals surface area contributed by atoms with Gasteiger partial charge in [-0.05, 0) is 80.6 Å². The zero-order valence-electron chi connectivity index (χ0n) is 21.0. The molecule has 6 N–H and O–H groups in total. The van der Waals surface area contributed by atoms with Crippen molar-refractivity contribution in [2.45, 2.75) is 38.1 Å². The molecular formula is C26H33Cl4N5O3. The predicted molar refractivity (Wildman–Crippen MR) is 154 cm³/mol. The molecular weight excluding hydrogens is 572 g/mol. The van der Waals surface area contributed by atoms with Gasteiger partial charge in [-0.15, -0.1) is 0 Å². The average Bonchev–Trinajstić information content (AvgIpc) is 2.85. The van der Waals surface area contributed by atoms with Crippen molar-refractivity contribution in [3.63, 3.8) is 0 Å². The van der Waals surface area contributed by atoms with E-state index in [1.54, 1.807) is 30.3 Å². The van der Waals surface area contributed by atoms with Crippen LogP contribution in [-0.4, -0.2) is 61.4 Å². The minimum Gasteiger partial charge on any atom is -0.368 e. The van der Waals surface area contributed by atoms with Crippen molar-refractivity contribution in [3.05, 3.63) is 67.6 Å². The van der Waals surface area contributed by atoms with Crippen molar-refractivity contribution < 1.29 is 14.4 Å². The Morgan fingerprint density at radius 2 is 1.50 bits per heavy atom. The van der Waals surface area contributed by atoms with E-state index in [1.807, 2.05) is 6.07 Å². The fraction of sp³-hybridized carbons (Fsp3) is 0.423. The Labute approximate surface area is 243 Å². The third kappa shape index (κ3) is 11.4. The van der Waals surface area contributed by atoms with Crippen molar-refractivity contribution in [1.82, 2.24) is 15.5 Å². The molecule has 0 fully saturated rings. The maximum atomic E-state index is 13.1. The van der Waals surface area contributed by atoms with Crippen LogP contribution in [0.1, 0.15) is 30.4 Å². The van der Waals surface area contributed by atoms with Gasteiger partial charge in [0.1, 0.15) is 6.04 Å². The van der Waals surface area contributed by atoms with E-state index in [0.29, 0.717) is 65.3 Å². The molecule has 0 aromatic heterocycles. The van der Waals surface area contributed by atoms with Gasteiger partial charge in [0.15, 0.2) is 0 Å². The average molecular weight is 605 g/mol. The molecule has 12 heteroatoms. The first-order valence-electron chi connectivity index (χ1n) is 12.3. The molecule has 0 heterocycles. The molecule has 1 atom stereocenters. The first kappa shape index (κ1) is 32.1. The van der Waals surface area contributed by atoms with Gasteiger partial charge >= 0.3 is 0 Å². The maximum absolute atomic E-state index is 13.1. The summed E-state index contributed by atoms with van der Waals surface area (Å²) in [5.41, 5.74) is 12.6. The third-order valence-electron chi connectivity index (χ3n) is 5.84. The van der Waals surface area contributed by atoms with Crippen LogP contribution in [0, 0.1) is 0 Å². The lowest BCUT2D eigenvalue weighted by Crippen LogP contribution is -2.50. The van der Waals surface area contributed by atoms with Gasteiger partial charge in [-0.25, -0.2) is 0 Å². The summed E-state index contributed by atoms with van der Waals surface area (Å²) in [5.74, 6) is -1.40. The van der Waals surface area contributed by atoms with Gasteiger partial charge in [-0.3, -0.25) is 14.4 Å². The molecule has 0 bridgehead atoms. The summed E-state index contributed by atoms with van der Waals surface area (Å²) in [6.45, 7) is 0.956. The van der Waals surface area contributed by atoms with Crippen LogP contribution in [-0.2, 0) is 27.2 Å². The van der Waals surface area contributed by atoms with E-state index in [9.17, 15) is 14.4 Å². The molecule has 208 valence electrons. The monoisotopic (exact) mass is 603 g/mol. The topological polar surface area (TPSA) is 131 Å². The largest absolute Gasteiger partial charge is 0.368 e. The summed E-state index contributed by atoms with van der Waals surface area (Å²) in [7, 11) is 0. The van der Waals surface area contributed by atoms with Gasteiger partial charge in [-0.1, -0.05) is 58.5 Å². The van der Waals surface area contributed by atoms with Crippen LogP contribution in [0.5, 0.6) is 0 Å². The first-order chi connectivity index (χ1) is 18.1. The van der Waals surface area contributed by atoms with Crippen molar-refractivity contribution in [2.75, 3.05) is 32.7 Å². The molecule has 38 heavy (non-hydrogen) atoms. The lowest BCUT2D eigenvalue weighted by atomic mass is 10.1. The van der Waals surface area contributed by atoms with Gasteiger partial charge in [0.2, 0.25) is 17.7 Å². The summed E-state index contributed by atoms with van der Waals surface area (Å²) < 4.78 is 0. The van der Waals surface area contributed by atoms with E-state index in [1.165, 1.54) is 4.90 Å². The summed E-state index contributed by atoms with van der Waals surface area (Å²) in [4.78, 5) is 39.1. The molecule has 0 radical (unpaired) electrons. The molecule has 0 saturated carbocycles. The Kier molecular flexibility index (Phi) is 14.2. The molecule has 2 aromatic rings. The Morgan fingerprint density at radius 1 is 0.895 bits per heavy atom. The number of carbonyl (C=O) groups is 3. The number of hydrogen-bond donors (Lipinski definition) is 4. The molecule has 2 rings (SSSR count). The number of benzene rings is 2. The smallest absolute Gasteiger partial charge is 0.240 e. The number of unbranched alkanes of at least 4 members (excludes halogenated alkanes) is 1. The fourth-order valence-corrected chi connectivity index (χ4v) is 4.72. The van der Waals surface area contributed by atoms with Crippen molar-refractivity contribution >= 4 is 64.1 Å². The number of hydrogen-bond acceptors (Lipinski definition) is 5. The van der Waals surface area contributed by atoms with Gasteiger partial charge in [0.25, 0.3) is 0 Å². The summed E-state index contributed by atoms with van der Waals surface area (Å²) >= 11 is 24.4. The lowest BCUT2D eigenvalue weighted by molar-refractivity contribution is -0.136. The van der Waals surface area contributed by atoms with E-state index < -0.39 is 17.9 Å². The van der Waals surface area contributed by atoms with Crippen LogP contribution in [0.4, 0.5) is 0 Å². The van der Waals surface area contributed by atoms with Crippen LogP contribution in [0.25, 0.3) is 0 Å². The number of nitrogens with one attached hydrogen (secondary N) is 2. The second kappa shape index (κ2) is 16.8. The number of amides is 3. The molecule has 1 unspecified atom stereocenters. The molecule has 0 aliphatic rings. The molecule has 0 aliphatic heterocycles. The molecule has 2 aromatic carbocycles. The molecule has 0 saturated heterocycles. The highest BCUT2D eigenvalue weighted by atomic mass is 35.5. The Balaban J connectivity index is 2.00. The third-order valence-corrected chi connectivity index (χ3v) is 7.02. The number of nitrogens with zero attached hydrogens (tertiary/aromatic N) is 1. The summed E-state index contributed by atoms with van der Waals surface area (Å²) in [5, 5.41) is 7.82. The van der Waals surface area contributed by atoms with Crippen LogP contribution >= 0.6 is 46.4 Å². The highest BCUT2D eigenvalue weighted by molar-refractivity contribution is 6.35. The van der Waals surface area contributed by atoms with Gasteiger partial charge in [0, 0.05) is 26.6 Å². The van der Waals surface area contributed by atoms with Gasteiger partial charge in [0.05, 0.1) is 13.1 Å². The van der Waals surface area contributed by atoms with E-state index in [-0.39, 0.29) is 25.5 Å². The van der Waals surface area contributed by atoms with Crippen LogP contribution in [0.15, 0.2) is 36.4 Å². The number of primary amides is 1. The van der Waals surface area contributed by atoms with Gasteiger partial charge in [-0.2, -0.15) is 0 Å². The molecule has 0 aliphatic carbocycles. The SMILES string of the molecule is NCCCCC(NC(=O)CN(CCc1ccc(Cl)cc1Cl)C(=O)CNCCc1ccc(Cl)cc1Cl)C(N)=O. The minimum atomic E-state index is -0.834. The highest BCUT2D eigenvalue weighted by Gasteiger charge is 2.22. The number of carbonyl (C=O) groups excluding carboxylic acids is 3.